The van der Waals surface area contributed by atoms with Crippen molar-refractivity contribution < 1.29 is 0 Å². The number of rotatable bonds is 2. The molecule has 0 aromatic carbocycles. The first kappa shape index (κ1) is 9.90. The maximum Gasteiger partial charge on any atom is 0.106 e. The molecule has 0 spiro atoms. The Morgan fingerprint density at radius 1 is 1.08 bits per heavy atom. The smallest absolute Gasteiger partial charge is 0.106 e. The van der Waals surface area contributed by atoms with E-state index in [1.807, 2.05) is 0 Å². The van der Waals surface area contributed by atoms with Crippen LogP contribution in [0.15, 0.2) is 35.7 Å². The number of hydrogen-bond acceptors (Lipinski definition) is 2. The van der Waals surface area contributed by atoms with Crippen LogP contribution in [0.2, 0.25) is 0 Å². The quantitative estimate of drug-likeness (QED) is 0.636. The molecule has 1 aliphatic carbocycles. The molecule has 72 valence electrons. The summed E-state index contributed by atoms with van der Waals surface area (Å²) in [6.45, 7) is 0. The third-order valence-electron chi connectivity index (χ3n) is 2.02. The van der Waals surface area contributed by atoms with Crippen LogP contribution in [0, 0.1) is 0 Å². The summed E-state index contributed by atoms with van der Waals surface area (Å²) < 4.78 is 0. The molecule has 2 nitrogen and oxygen atoms in total. The van der Waals surface area contributed by atoms with E-state index >= 15 is 0 Å². The Morgan fingerprint density at radius 2 is 1.69 bits per heavy atom. The van der Waals surface area contributed by atoms with Gasteiger partial charge in [-0.15, -0.1) is 0 Å². The molecule has 0 unspecified atom stereocenters. The van der Waals surface area contributed by atoms with E-state index in [0.717, 1.165) is 6.42 Å². The minimum absolute atomic E-state index is 1.03. The monoisotopic (exact) mass is 178 g/mol. The van der Waals surface area contributed by atoms with Crippen LogP contribution in [-0.4, -0.2) is 38.0 Å². The summed E-state index contributed by atoms with van der Waals surface area (Å²) in [5, 5.41) is 0. The highest BCUT2D eigenvalue weighted by molar-refractivity contribution is 5.32. The summed E-state index contributed by atoms with van der Waals surface area (Å²) in [5.41, 5.74) is 1.37. The van der Waals surface area contributed by atoms with Gasteiger partial charge in [0.05, 0.1) is 0 Å². The maximum atomic E-state index is 2.18. The van der Waals surface area contributed by atoms with Crippen LogP contribution in [0.5, 0.6) is 0 Å². The molecule has 0 aliphatic heterocycles. The predicted molar refractivity (Wildman–Crippen MR) is 57.3 cm³/mol. The lowest BCUT2D eigenvalue weighted by Crippen LogP contribution is -2.26. The van der Waals surface area contributed by atoms with Gasteiger partial charge in [-0.3, -0.25) is 0 Å². The summed E-state index contributed by atoms with van der Waals surface area (Å²) in [5.74, 6) is 1.28. The normalized spacial score (nSPS) is 14.6. The van der Waals surface area contributed by atoms with E-state index in [4.69, 9.17) is 0 Å². The highest BCUT2D eigenvalue weighted by atomic mass is 15.3. The van der Waals surface area contributed by atoms with Crippen molar-refractivity contribution in [2.75, 3.05) is 28.2 Å². The van der Waals surface area contributed by atoms with Crippen molar-refractivity contribution in [1.29, 1.82) is 0 Å². The Labute approximate surface area is 80.8 Å². The first-order valence-corrected chi connectivity index (χ1v) is 4.54. The summed E-state index contributed by atoms with van der Waals surface area (Å²) in [6.07, 6.45) is 9.57. The SMILES string of the molecule is CN(C)C(=C1C=CC=CC1)N(C)C. The molecule has 1 aliphatic rings. The molecule has 0 saturated heterocycles. The Bertz CT molecular complexity index is 247. The second-order valence-corrected chi connectivity index (χ2v) is 3.63. The topological polar surface area (TPSA) is 6.48 Å². The molecule has 0 aromatic heterocycles. The zero-order chi connectivity index (χ0) is 9.84. The fourth-order valence-corrected chi connectivity index (χ4v) is 1.65. The molecule has 0 N–H and O–H groups in total. The number of allylic oxidation sites excluding steroid dienone is 5. The maximum absolute atomic E-state index is 2.18. The Balaban J connectivity index is 2.96. The van der Waals surface area contributed by atoms with E-state index < -0.39 is 0 Å². The summed E-state index contributed by atoms with van der Waals surface area (Å²) in [7, 11) is 8.31. The van der Waals surface area contributed by atoms with Gasteiger partial charge >= 0.3 is 0 Å². The lowest BCUT2D eigenvalue weighted by molar-refractivity contribution is 0.337. The van der Waals surface area contributed by atoms with E-state index in [1.54, 1.807) is 0 Å². The van der Waals surface area contributed by atoms with E-state index in [-0.39, 0.29) is 0 Å². The van der Waals surface area contributed by atoms with Gasteiger partial charge in [-0.1, -0.05) is 24.3 Å². The molecule has 0 bridgehead atoms. The van der Waals surface area contributed by atoms with Crippen LogP contribution in [0.4, 0.5) is 0 Å². The van der Waals surface area contributed by atoms with Crippen molar-refractivity contribution in [2.24, 2.45) is 0 Å². The molecule has 0 fully saturated rings. The van der Waals surface area contributed by atoms with Crippen LogP contribution < -0.4 is 0 Å². The Kier molecular flexibility index (Phi) is 3.18. The molecule has 0 amide bonds. The van der Waals surface area contributed by atoms with Gasteiger partial charge in [0.2, 0.25) is 0 Å². The zero-order valence-corrected chi connectivity index (χ0v) is 8.91. The van der Waals surface area contributed by atoms with Gasteiger partial charge in [0, 0.05) is 28.2 Å². The largest absolute Gasteiger partial charge is 0.364 e. The standard InChI is InChI=1S/C11H18N2/c1-12(2)11(13(3)4)10-8-6-5-7-9-10/h5-8H,9H2,1-4H3. The third-order valence-corrected chi connectivity index (χ3v) is 2.02. The van der Waals surface area contributed by atoms with Crippen molar-refractivity contribution >= 4 is 0 Å². The van der Waals surface area contributed by atoms with Crippen molar-refractivity contribution in [3.05, 3.63) is 35.7 Å². The second-order valence-electron chi connectivity index (χ2n) is 3.63. The average molecular weight is 178 g/mol. The highest BCUT2D eigenvalue weighted by Gasteiger charge is 2.08. The second kappa shape index (κ2) is 4.17. The zero-order valence-electron chi connectivity index (χ0n) is 8.91. The molecule has 13 heavy (non-hydrogen) atoms. The molecule has 0 heterocycles. The van der Waals surface area contributed by atoms with Crippen molar-refractivity contribution in [3.8, 4) is 0 Å². The minimum Gasteiger partial charge on any atom is -0.364 e. The molecule has 0 radical (unpaired) electrons. The first-order valence-electron chi connectivity index (χ1n) is 4.54. The first-order chi connectivity index (χ1) is 6.13. The number of hydrogen-bond donors (Lipinski definition) is 0. The lowest BCUT2D eigenvalue weighted by Gasteiger charge is -2.27. The molecular formula is C11H18N2. The van der Waals surface area contributed by atoms with Crippen LogP contribution >= 0.6 is 0 Å². The van der Waals surface area contributed by atoms with E-state index in [2.05, 4.69) is 62.3 Å². The summed E-state index contributed by atoms with van der Waals surface area (Å²) in [6, 6.07) is 0. The van der Waals surface area contributed by atoms with Gasteiger partial charge in [-0.2, -0.15) is 0 Å². The van der Waals surface area contributed by atoms with Crippen molar-refractivity contribution in [1.82, 2.24) is 9.80 Å². The van der Waals surface area contributed by atoms with Gasteiger partial charge in [-0.05, 0) is 12.0 Å². The molecule has 2 heteroatoms. The molecular weight excluding hydrogens is 160 g/mol. The Hall–Kier alpha value is -1.18. The Morgan fingerprint density at radius 3 is 2.08 bits per heavy atom. The predicted octanol–water partition coefficient (Wildman–Crippen LogP) is 1.84. The minimum atomic E-state index is 1.03. The van der Waals surface area contributed by atoms with Crippen LogP contribution in [0.3, 0.4) is 0 Å². The lowest BCUT2D eigenvalue weighted by atomic mass is 10.1. The molecule has 0 saturated carbocycles. The summed E-state index contributed by atoms with van der Waals surface area (Å²) in [4.78, 5) is 4.30. The van der Waals surface area contributed by atoms with Gasteiger partial charge in [0.15, 0.2) is 0 Å². The van der Waals surface area contributed by atoms with Crippen molar-refractivity contribution in [2.45, 2.75) is 6.42 Å². The highest BCUT2D eigenvalue weighted by Crippen LogP contribution is 2.18. The van der Waals surface area contributed by atoms with E-state index in [9.17, 15) is 0 Å². The fourth-order valence-electron chi connectivity index (χ4n) is 1.65. The third kappa shape index (κ3) is 2.38. The fraction of sp³-hybridized carbons (Fsp3) is 0.455. The molecule has 0 atom stereocenters. The van der Waals surface area contributed by atoms with Gasteiger partial charge in [-0.25, -0.2) is 0 Å². The molecule has 0 aromatic rings. The summed E-state index contributed by atoms with van der Waals surface area (Å²) >= 11 is 0. The number of nitrogens with zero attached hydrogens (tertiary/aromatic N) is 2. The average Bonchev–Trinajstić information content (AvgIpc) is 2.04. The van der Waals surface area contributed by atoms with E-state index in [0.29, 0.717) is 0 Å². The van der Waals surface area contributed by atoms with Gasteiger partial charge in [0.1, 0.15) is 5.82 Å². The van der Waals surface area contributed by atoms with Crippen LogP contribution in [0.1, 0.15) is 6.42 Å². The molecule has 1 rings (SSSR count). The van der Waals surface area contributed by atoms with Gasteiger partial charge < -0.3 is 9.80 Å². The van der Waals surface area contributed by atoms with Crippen molar-refractivity contribution in [3.63, 3.8) is 0 Å². The van der Waals surface area contributed by atoms with Crippen LogP contribution in [-0.2, 0) is 0 Å². The van der Waals surface area contributed by atoms with E-state index in [1.165, 1.54) is 11.4 Å². The van der Waals surface area contributed by atoms with Gasteiger partial charge in [0.25, 0.3) is 0 Å². The van der Waals surface area contributed by atoms with Crippen LogP contribution in [0.25, 0.3) is 0 Å².